The van der Waals surface area contributed by atoms with E-state index in [0.29, 0.717) is 12.5 Å². The van der Waals surface area contributed by atoms with E-state index in [4.69, 9.17) is 4.42 Å². The molecule has 0 aliphatic carbocycles. The lowest BCUT2D eigenvalue weighted by Gasteiger charge is -2.07. The standard InChI is InChI=1S/C21H22FN3O2S/c1-14(2)16-9-7-15(8-10-16)11-12-23-19(26)13-28-21-25-24-20(27-21)17-5-3-4-6-18(17)22/h3-10,14H,11-13H2,1-2H3,(H,23,26). The van der Waals surface area contributed by atoms with Gasteiger partial charge < -0.3 is 9.73 Å². The number of carbonyl (C=O) groups is 1. The molecule has 146 valence electrons. The average molecular weight is 399 g/mol. The van der Waals surface area contributed by atoms with Gasteiger partial charge in [0, 0.05) is 6.54 Å². The molecule has 1 aromatic heterocycles. The molecule has 2 aromatic carbocycles. The lowest BCUT2D eigenvalue weighted by atomic mass is 10.0. The second-order valence-electron chi connectivity index (χ2n) is 6.64. The number of benzene rings is 2. The maximum Gasteiger partial charge on any atom is 0.277 e. The van der Waals surface area contributed by atoms with Crippen LogP contribution in [-0.4, -0.2) is 28.4 Å². The van der Waals surface area contributed by atoms with E-state index in [9.17, 15) is 9.18 Å². The average Bonchev–Trinajstić information content (AvgIpc) is 3.16. The van der Waals surface area contributed by atoms with Crippen molar-refractivity contribution < 1.29 is 13.6 Å². The Kier molecular flexibility index (Phi) is 6.81. The van der Waals surface area contributed by atoms with E-state index in [0.717, 1.165) is 18.2 Å². The van der Waals surface area contributed by atoms with Crippen LogP contribution in [0.4, 0.5) is 4.39 Å². The summed E-state index contributed by atoms with van der Waals surface area (Å²) in [7, 11) is 0. The van der Waals surface area contributed by atoms with Crippen molar-refractivity contribution in [3.8, 4) is 11.5 Å². The fourth-order valence-corrected chi connectivity index (χ4v) is 3.20. The van der Waals surface area contributed by atoms with Crippen LogP contribution in [0.1, 0.15) is 30.9 Å². The van der Waals surface area contributed by atoms with Gasteiger partial charge in [-0.25, -0.2) is 4.39 Å². The first kappa shape index (κ1) is 20.1. The van der Waals surface area contributed by atoms with Crippen LogP contribution in [0.3, 0.4) is 0 Å². The van der Waals surface area contributed by atoms with Crippen LogP contribution in [0.5, 0.6) is 0 Å². The monoisotopic (exact) mass is 399 g/mol. The van der Waals surface area contributed by atoms with Gasteiger partial charge in [0.05, 0.1) is 11.3 Å². The highest BCUT2D eigenvalue weighted by Gasteiger charge is 2.13. The molecule has 0 spiro atoms. The first-order valence-corrected chi connectivity index (χ1v) is 10.1. The molecule has 5 nitrogen and oxygen atoms in total. The maximum absolute atomic E-state index is 13.7. The molecule has 0 radical (unpaired) electrons. The molecule has 7 heteroatoms. The van der Waals surface area contributed by atoms with Gasteiger partial charge in [-0.05, 0) is 35.6 Å². The molecule has 1 heterocycles. The molecule has 0 unspecified atom stereocenters. The van der Waals surface area contributed by atoms with E-state index in [1.54, 1.807) is 18.2 Å². The van der Waals surface area contributed by atoms with Crippen LogP contribution in [0.15, 0.2) is 58.2 Å². The number of carbonyl (C=O) groups excluding carboxylic acids is 1. The van der Waals surface area contributed by atoms with Crippen LogP contribution < -0.4 is 5.32 Å². The van der Waals surface area contributed by atoms with Crippen LogP contribution >= 0.6 is 11.8 Å². The zero-order chi connectivity index (χ0) is 19.9. The number of halogens is 1. The van der Waals surface area contributed by atoms with Gasteiger partial charge in [-0.1, -0.05) is 62.0 Å². The van der Waals surface area contributed by atoms with Crippen molar-refractivity contribution in [3.63, 3.8) is 0 Å². The highest BCUT2D eigenvalue weighted by atomic mass is 32.2. The molecular formula is C21H22FN3O2S. The summed E-state index contributed by atoms with van der Waals surface area (Å²) < 4.78 is 19.2. The SMILES string of the molecule is CC(C)c1ccc(CCNC(=O)CSc2nnc(-c3ccccc3F)o2)cc1. The van der Waals surface area contributed by atoms with Gasteiger partial charge in [0.25, 0.3) is 11.1 Å². The summed E-state index contributed by atoms with van der Waals surface area (Å²) in [6.45, 7) is 4.88. The highest BCUT2D eigenvalue weighted by molar-refractivity contribution is 7.99. The van der Waals surface area contributed by atoms with E-state index in [2.05, 4.69) is 53.6 Å². The zero-order valence-corrected chi connectivity index (χ0v) is 16.6. The second-order valence-corrected chi connectivity index (χ2v) is 7.56. The maximum atomic E-state index is 13.7. The summed E-state index contributed by atoms with van der Waals surface area (Å²) >= 11 is 1.13. The molecule has 0 aliphatic rings. The molecule has 0 bridgehead atoms. The van der Waals surface area contributed by atoms with Gasteiger partial charge in [0.2, 0.25) is 5.91 Å². The molecule has 0 saturated carbocycles. The van der Waals surface area contributed by atoms with Crippen molar-refractivity contribution in [3.05, 3.63) is 65.5 Å². The van der Waals surface area contributed by atoms with Crippen molar-refractivity contribution in [2.75, 3.05) is 12.3 Å². The van der Waals surface area contributed by atoms with Crippen molar-refractivity contribution in [2.45, 2.75) is 31.4 Å². The Morgan fingerprint density at radius 2 is 1.89 bits per heavy atom. The Morgan fingerprint density at radius 3 is 2.61 bits per heavy atom. The summed E-state index contributed by atoms with van der Waals surface area (Å²) in [4.78, 5) is 12.0. The zero-order valence-electron chi connectivity index (χ0n) is 15.8. The number of nitrogens with zero attached hydrogens (tertiary/aromatic N) is 2. The highest BCUT2D eigenvalue weighted by Crippen LogP contribution is 2.24. The van der Waals surface area contributed by atoms with Crippen LogP contribution in [-0.2, 0) is 11.2 Å². The third-order valence-corrected chi connectivity index (χ3v) is 5.04. The molecule has 1 N–H and O–H groups in total. The Bertz CT molecular complexity index is 925. The summed E-state index contributed by atoms with van der Waals surface area (Å²) in [5.74, 6) is 0.224. The minimum absolute atomic E-state index is 0.103. The first-order valence-electron chi connectivity index (χ1n) is 9.09. The third kappa shape index (κ3) is 5.42. The smallest absolute Gasteiger partial charge is 0.277 e. The summed E-state index contributed by atoms with van der Waals surface area (Å²) in [6.07, 6.45) is 0.771. The number of nitrogens with one attached hydrogen (secondary N) is 1. The summed E-state index contributed by atoms with van der Waals surface area (Å²) in [5, 5.41) is 10.8. The number of thioether (sulfide) groups is 1. The Hall–Kier alpha value is -2.67. The summed E-state index contributed by atoms with van der Waals surface area (Å²) in [5.41, 5.74) is 2.73. The normalized spacial score (nSPS) is 11.0. The number of rotatable bonds is 8. The second kappa shape index (κ2) is 9.50. The van der Waals surface area contributed by atoms with Crippen LogP contribution in [0, 0.1) is 5.82 Å². The molecule has 0 aliphatic heterocycles. The van der Waals surface area contributed by atoms with Gasteiger partial charge in [0.1, 0.15) is 5.82 Å². The largest absolute Gasteiger partial charge is 0.411 e. The van der Waals surface area contributed by atoms with Crippen LogP contribution in [0.25, 0.3) is 11.5 Å². The number of hydrogen-bond acceptors (Lipinski definition) is 5. The van der Waals surface area contributed by atoms with E-state index < -0.39 is 5.82 Å². The third-order valence-electron chi connectivity index (χ3n) is 4.22. The van der Waals surface area contributed by atoms with Crippen molar-refractivity contribution in [2.24, 2.45) is 0 Å². The minimum atomic E-state index is -0.429. The first-order chi connectivity index (χ1) is 13.5. The predicted molar refractivity (Wildman–Crippen MR) is 108 cm³/mol. The van der Waals surface area contributed by atoms with E-state index in [-0.39, 0.29) is 28.3 Å². The van der Waals surface area contributed by atoms with Gasteiger partial charge in [-0.2, -0.15) is 0 Å². The van der Waals surface area contributed by atoms with E-state index >= 15 is 0 Å². The Balaban J connectivity index is 1.43. The van der Waals surface area contributed by atoms with Gasteiger partial charge in [-0.3, -0.25) is 4.79 Å². The fourth-order valence-electron chi connectivity index (χ4n) is 2.61. The molecule has 0 fully saturated rings. The van der Waals surface area contributed by atoms with Gasteiger partial charge >= 0.3 is 0 Å². The van der Waals surface area contributed by atoms with Crippen molar-refractivity contribution in [1.82, 2.24) is 15.5 Å². The molecule has 1 amide bonds. The Morgan fingerprint density at radius 1 is 1.14 bits per heavy atom. The topological polar surface area (TPSA) is 68.0 Å². The number of amides is 1. The number of aromatic nitrogens is 2. The molecule has 28 heavy (non-hydrogen) atoms. The van der Waals surface area contributed by atoms with Gasteiger partial charge in [-0.15, -0.1) is 10.2 Å². The minimum Gasteiger partial charge on any atom is -0.411 e. The quantitative estimate of drug-likeness (QED) is 0.567. The Labute approximate surface area is 167 Å². The lowest BCUT2D eigenvalue weighted by molar-refractivity contribution is -0.118. The van der Waals surface area contributed by atoms with Crippen molar-refractivity contribution in [1.29, 1.82) is 0 Å². The summed E-state index contributed by atoms with van der Waals surface area (Å²) in [6, 6.07) is 14.6. The molecule has 0 saturated heterocycles. The fraction of sp³-hybridized carbons (Fsp3) is 0.286. The van der Waals surface area contributed by atoms with Gasteiger partial charge in [0.15, 0.2) is 0 Å². The van der Waals surface area contributed by atoms with Crippen LogP contribution in [0.2, 0.25) is 0 Å². The van der Waals surface area contributed by atoms with E-state index in [1.165, 1.54) is 17.2 Å². The molecular weight excluding hydrogens is 377 g/mol. The molecule has 3 rings (SSSR count). The molecule has 0 atom stereocenters. The predicted octanol–water partition coefficient (Wildman–Crippen LogP) is 4.45. The van der Waals surface area contributed by atoms with Crippen molar-refractivity contribution >= 4 is 17.7 Å². The molecule has 3 aromatic rings. The van der Waals surface area contributed by atoms with E-state index in [1.807, 2.05) is 0 Å². The number of hydrogen-bond donors (Lipinski definition) is 1. The lowest BCUT2D eigenvalue weighted by Crippen LogP contribution is -2.27.